The standard InChI is InChI=1S/C14H22FNO2/c1-3-16-11-14(18-10-4-9-17-2)12-5-7-13(15)8-6-12/h5-8,14,16H,3-4,9-11H2,1-2H3. The zero-order valence-electron chi connectivity index (χ0n) is 11.1. The van der Waals surface area contributed by atoms with E-state index in [4.69, 9.17) is 9.47 Å². The van der Waals surface area contributed by atoms with E-state index in [2.05, 4.69) is 5.32 Å². The van der Waals surface area contributed by atoms with Gasteiger partial charge in [-0.25, -0.2) is 4.39 Å². The fraction of sp³-hybridized carbons (Fsp3) is 0.571. The number of hydrogen-bond acceptors (Lipinski definition) is 3. The van der Waals surface area contributed by atoms with Crippen LogP contribution in [0.2, 0.25) is 0 Å². The first-order valence-electron chi connectivity index (χ1n) is 6.34. The molecule has 3 nitrogen and oxygen atoms in total. The van der Waals surface area contributed by atoms with Gasteiger partial charge in [-0.15, -0.1) is 0 Å². The van der Waals surface area contributed by atoms with E-state index >= 15 is 0 Å². The summed E-state index contributed by atoms with van der Waals surface area (Å²) in [6.07, 6.45) is 0.822. The van der Waals surface area contributed by atoms with Crippen molar-refractivity contribution in [3.05, 3.63) is 35.6 Å². The molecular weight excluding hydrogens is 233 g/mol. The monoisotopic (exact) mass is 255 g/mol. The third-order valence-corrected chi connectivity index (χ3v) is 2.63. The number of methoxy groups -OCH3 is 1. The van der Waals surface area contributed by atoms with Crippen LogP contribution in [0, 0.1) is 5.82 Å². The van der Waals surface area contributed by atoms with Crippen molar-refractivity contribution in [2.45, 2.75) is 19.4 Å². The number of rotatable bonds is 9. The second-order valence-electron chi connectivity index (χ2n) is 4.07. The van der Waals surface area contributed by atoms with E-state index in [0.29, 0.717) is 13.2 Å². The number of halogens is 1. The molecule has 0 fully saturated rings. The summed E-state index contributed by atoms with van der Waals surface area (Å²) in [5, 5.41) is 3.25. The zero-order valence-corrected chi connectivity index (χ0v) is 11.1. The molecule has 18 heavy (non-hydrogen) atoms. The smallest absolute Gasteiger partial charge is 0.123 e. The second kappa shape index (κ2) is 9.03. The van der Waals surface area contributed by atoms with Crippen LogP contribution in [-0.2, 0) is 9.47 Å². The van der Waals surface area contributed by atoms with Crippen molar-refractivity contribution in [3.8, 4) is 0 Å². The molecule has 0 radical (unpaired) electrons. The highest BCUT2D eigenvalue weighted by Crippen LogP contribution is 2.17. The minimum absolute atomic E-state index is 0.0394. The van der Waals surface area contributed by atoms with E-state index < -0.39 is 0 Å². The predicted molar refractivity (Wildman–Crippen MR) is 70.1 cm³/mol. The minimum Gasteiger partial charge on any atom is -0.385 e. The van der Waals surface area contributed by atoms with Crippen molar-refractivity contribution in [2.24, 2.45) is 0 Å². The molecule has 0 bridgehead atoms. The van der Waals surface area contributed by atoms with Gasteiger partial charge in [0.1, 0.15) is 5.82 Å². The fourth-order valence-electron chi connectivity index (χ4n) is 1.65. The van der Waals surface area contributed by atoms with E-state index in [1.165, 1.54) is 12.1 Å². The van der Waals surface area contributed by atoms with Crippen molar-refractivity contribution < 1.29 is 13.9 Å². The summed E-state index contributed by atoms with van der Waals surface area (Å²) < 4.78 is 23.7. The lowest BCUT2D eigenvalue weighted by molar-refractivity contribution is 0.0391. The molecule has 0 aliphatic carbocycles. The van der Waals surface area contributed by atoms with E-state index in [9.17, 15) is 4.39 Å². The second-order valence-corrected chi connectivity index (χ2v) is 4.07. The number of benzene rings is 1. The number of hydrogen-bond donors (Lipinski definition) is 1. The highest BCUT2D eigenvalue weighted by molar-refractivity contribution is 5.19. The molecule has 1 rings (SSSR count). The summed E-state index contributed by atoms with van der Waals surface area (Å²) in [7, 11) is 1.68. The molecule has 0 spiro atoms. The first kappa shape index (κ1) is 15.1. The third-order valence-electron chi connectivity index (χ3n) is 2.63. The highest BCUT2D eigenvalue weighted by atomic mass is 19.1. The quantitative estimate of drug-likeness (QED) is 0.688. The molecule has 1 aromatic carbocycles. The fourth-order valence-corrected chi connectivity index (χ4v) is 1.65. The molecule has 1 aromatic rings. The Morgan fingerprint density at radius 1 is 1.22 bits per heavy atom. The van der Waals surface area contributed by atoms with Gasteiger partial charge in [0.05, 0.1) is 6.10 Å². The highest BCUT2D eigenvalue weighted by Gasteiger charge is 2.11. The van der Waals surface area contributed by atoms with Crippen LogP contribution >= 0.6 is 0 Å². The molecule has 1 atom stereocenters. The maximum Gasteiger partial charge on any atom is 0.123 e. The Morgan fingerprint density at radius 3 is 2.56 bits per heavy atom. The maximum absolute atomic E-state index is 12.9. The Morgan fingerprint density at radius 2 is 1.94 bits per heavy atom. The lowest BCUT2D eigenvalue weighted by Gasteiger charge is -2.18. The normalized spacial score (nSPS) is 12.6. The Balaban J connectivity index is 2.51. The molecule has 0 saturated carbocycles. The summed E-state index contributed by atoms with van der Waals surface area (Å²) in [5.74, 6) is -0.222. The van der Waals surface area contributed by atoms with Gasteiger partial charge < -0.3 is 14.8 Å². The van der Waals surface area contributed by atoms with Gasteiger partial charge in [0, 0.05) is 26.9 Å². The summed E-state index contributed by atoms with van der Waals surface area (Å²) in [6.45, 7) is 5.00. The molecule has 0 heterocycles. The summed E-state index contributed by atoms with van der Waals surface area (Å²) in [6, 6.07) is 6.47. The number of ether oxygens (including phenoxy) is 2. The predicted octanol–water partition coefficient (Wildman–Crippen LogP) is 2.53. The third kappa shape index (κ3) is 5.58. The molecule has 0 aromatic heterocycles. The molecule has 4 heteroatoms. The van der Waals surface area contributed by atoms with Crippen molar-refractivity contribution in [2.75, 3.05) is 33.4 Å². The Hall–Kier alpha value is -0.970. The van der Waals surface area contributed by atoms with Crippen molar-refractivity contribution in [1.82, 2.24) is 5.32 Å². The first-order chi connectivity index (χ1) is 8.77. The van der Waals surface area contributed by atoms with Crippen LogP contribution in [0.4, 0.5) is 4.39 Å². The molecule has 1 N–H and O–H groups in total. The van der Waals surface area contributed by atoms with Gasteiger partial charge in [-0.2, -0.15) is 0 Å². The van der Waals surface area contributed by atoms with Crippen molar-refractivity contribution in [3.63, 3.8) is 0 Å². The topological polar surface area (TPSA) is 30.5 Å². The van der Waals surface area contributed by atoms with Gasteiger partial charge in [0.25, 0.3) is 0 Å². The van der Waals surface area contributed by atoms with Crippen LogP contribution in [0.15, 0.2) is 24.3 Å². The van der Waals surface area contributed by atoms with Crippen LogP contribution in [0.5, 0.6) is 0 Å². The molecule has 0 saturated heterocycles. The summed E-state index contributed by atoms with van der Waals surface area (Å²) >= 11 is 0. The first-order valence-corrected chi connectivity index (χ1v) is 6.34. The van der Waals surface area contributed by atoms with Crippen LogP contribution in [0.3, 0.4) is 0 Å². The van der Waals surface area contributed by atoms with Crippen LogP contribution in [0.1, 0.15) is 25.0 Å². The van der Waals surface area contributed by atoms with Crippen molar-refractivity contribution >= 4 is 0 Å². The molecular formula is C14H22FNO2. The maximum atomic E-state index is 12.9. The van der Waals surface area contributed by atoms with Gasteiger partial charge in [-0.05, 0) is 30.7 Å². The van der Waals surface area contributed by atoms with Gasteiger partial charge in [-0.1, -0.05) is 19.1 Å². The lowest BCUT2D eigenvalue weighted by atomic mass is 10.1. The van der Waals surface area contributed by atoms with Gasteiger partial charge in [-0.3, -0.25) is 0 Å². The van der Waals surface area contributed by atoms with Crippen LogP contribution in [-0.4, -0.2) is 33.4 Å². The van der Waals surface area contributed by atoms with Crippen LogP contribution in [0.25, 0.3) is 0 Å². The average Bonchev–Trinajstić information content (AvgIpc) is 2.39. The Kier molecular flexibility index (Phi) is 7.57. The number of likely N-dealkylation sites (N-methyl/N-ethyl adjacent to an activating group) is 1. The van der Waals surface area contributed by atoms with Gasteiger partial charge in [0.15, 0.2) is 0 Å². The minimum atomic E-state index is -0.222. The summed E-state index contributed by atoms with van der Waals surface area (Å²) in [4.78, 5) is 0. The molecule has 0 amide bonds. The van der Waals surface area contributed by atoms with E-state index in [1.54, 1.807) is 19.2 Å². The SMILES string of the molecule is CCNCC(OCCCOC)c1ccc(F)cc1. The van der Waals surface area contributed by atoms with Gasteiger partial charge in [0.2, 0.25) is 0 Å². The average molecular weight is 255 g/mol. The lowest BCUT2D eigenvalue weighted by Crippen LogP contribution is -2.23. The van der Waals surface area contributed by atoms with E-state index in [-0.39, 0.29) is 11.9 Å². The zero-order chi connectivity index (χ0) is 13.2. The molecule has 102 valence electrons. The molecule has 1 unspecified atom stereocenters. The Labute approximate surface area is 108 Å². The van der Waals surface area contributed by atoms with Crippen molar-refractivity contribution in [1.29, 1.82) is 0 Å². The molecule has 0 aliphatic rings. The largest absolute Gasteiger partial charge is 0.385 e. The Bertz CT molecular complexity index is 316. The molecule has 0 aliphatic heterocycles. The van der Waals surface area contributed by atoms with Gasteiger partial charge >= 0.3 is 0 Å². The summed E-state index contributed by atoms with van der Waals surface area (Å²) in [5.41, 5.74) is 0.995. The van der Waals surface area contributed by atoms with Crippen LogP contribution < -0.4 is 5.32 Å². The van der Waals surface area contributed by atoms with E-state index in [1.807, 2.05) is 6.92 Å². The van der Waals surface area contributed by atoms with E-state index in [0.717, 1.165) is 25.1 Å². The number of nitrogens with one attached hydrogen (secondary N) is 1.